The predicted molar refractivity (Wildman–Crippen MR) is 84.2 cm³/mol. The van der Waals surface area contributed by atoms with Gasteiger partial charge < -0.3 is 5.32 Å². The molecule has 2 heterocycles. The summed E-state index contributed by atoms with van der Waals surface area (Å²) < 4.78 is 0. The molecule has 0 aliphatic heterocycles. The zero-order chi connectivity index (χ0) is 13.7. The van der Waals surface area contributed by atoms with Gasteiger partial charge in [0.2, 0.25) is 0 Å². The van der Waals surface area contributed by atoms with E-state index in [9.17, 15) is 0 Å². The third-order valence-electron chi connectivity index (χ3n) is 3.13. The van der Waals surface area contributed by atoms with Crippen molar-refractivity contribution in [2.75, 3.05) is 11.9 Å². The molecule has 104 valence electrons. The van der Waals surface area contributed by atoms with Crippen molar-refractivity contribution in [1.82, 2.24) is 9.97 Å². The van der Waals surface area contributed by atoms with Gasteiger partial charge in [-0.2, -0.15) is 0 Å². The molecule has 0 aromatic carbocycles. The van der Waals surface area contributed by atoms with Gasteiger partial charge in [0.05, 0.1) is 5.39 Å². The van der Waals surface area contributed by atoms with E-state index in [0.717, 1.165) is 48.7 Å². The van der Waals surface area contributed by atoms with Crippen LogP contribution in [0.5, 0.6) is 0 Å². The van der Waals surface area contributed by atoms with Crippen LogP contribution >= 0.6 is 11.3 Å². The number of hydrogen-bond donors (Lipinski definition) is 1. The van der Waals surface area contributed by atoms with Crippen LogP contribution < -0.4 is 5.32 Å². The lowest BCUT2D eigenvalue weighted by Crippen LogP contribution is -2.05. The number of hydrogen-bond acceptors (Lipinski definition) is 4. The lowest BCUT2D eigenvalue weighted by Gasteiger charge is -2.07. The average molecular weight is 277 g/mol. The molecule has 0 aliphatic carbocycles. The third-order valence-corrected chi connectivity index (χ3v) is 4.31. The summed E-state index contributed by atoms with van der Waals surface area (Å²) >= 11 is 1.80. The predicted octanol–water partition coefficient (Wildman–Crippen LogP) is 4.42. The minimum Gasteiger partial charge on any atom is -0.369 e. The van der Waals surface area contributed by atoms with Crippen molar-refractivity contribution in [3.05, 3.63) is 16.8 Å². The topological polar surface area (TPSA) is 37.8 Å². The number of aryl methyl sites for hydroxylation is 2. The van der Waals surface area contributed by atoms with Gasteiger partial charge in [-0.05, 0) is 25.3 Å². The first-order valence-corrected chi connectivity index (χ1v) is 8.13. The maximum atomic E-state index is 4.72. The van der Waals surface area contributed by atoms with Gasteiger partial charge in [0, 0.05) is 17.8 Å². The maximum Gasteiger partial charge on any atom is 0.138 e. The number of fused-ring (bicyclic) bond motifs is 1. The minimum absolute atomic E-state index is 0.969. The van der Waals surface area contributed by atoms with Crippen molar-refractivity contribution in [3.8, 4) is 0 Å². The van der Waals surface area contributed by atoms with Crippen LogP contribution in [0.4, 0.5) is 5.82 Å². The highest BCUT2D eigenvalue weighted by molar-refractivity contribution is 7.18. The molecule has 0 amide bonds. The molecular weight excluding hydrogens is 254 g/mol. The summed E-state index contributed by atoms with van der Waals surface area (Å²) in [5, 5.41) is 4.64. The molecule has 0 atom stereocenters. The SMILES string of the molecule is CCCCc1nc(NCCC)c2cc(CC)sc2n1. The molecule has 0 saturated carbocycles. The Morgan fingerprint density at radius 2 is 2.00 bits per heavy atom. The normalized spacial score (nSPS) is 11.1. The number of anilines is 1. The van der Waals surface area contributed by atoms with Crippen LogP contribution in [-0.4, -0.2) is 16.5 Å². The Hall–Kier alpha value is -1.16. The van der Waals surface area contributed by atoms with Crippen LogP contribution in [0, 0.1) is 0 Å². The number of rotatable bonds is 7. The monoisotopic (exact) mass is 277 g/mol. The van der Waals surface area contributed by atoms with E-state index in [1.54, 1.807) is 11.3 Å². The summed E-state index contributed by atoms with van der Waals surface area (Å²) in [5.74, 6) is 2.01. The minimum atomic E-state index is 0.969. The van der Waals surface area contributed by atoms with E-state index >= 15 is 0 Å². The summed E-state index contributed by atoms with van der Waals surface area (Å²) in [6.07, 6.45) is 5.50. The highest BCUT2D eigenvalue weighted by Gasteiger charge is 2.10. The van der Waals surface area contributed by atoms with Crippen molar-refractivity contribution < 1.29 is 0 Å². The molecule has 19 heavy (non-hydrogen) atoms. The molecule has 0 saturated heterocycles. The number of aromatic nitrogens is 2. The van der Waals surface area contributed by atoms with Crippen molar-refractivity contribution >= 4 is 27.4 Å². The second-order valence-electron chi connectivity index (χ2n) is 4.80. The fourth-order valence-electron chi connectivity index (χ4n) is 2.01. The van der Waals surface area contributed by atoms with Gasteiger partial charge in [-0.1, -0.05) is 27.2 Å². The zero-order valence-electron chi connectivity index (χ0n) is 12.1. The largest absolute Gasteiger partial charge is 0.369 e. The van der Waals surface area contributed by atoms with E-state index in [1.165, 1.54) is 16.7 Å². The maximum absolute atomic E-state index is 4.72. The van der Waals surface area contributed by atoms with Crippen molar-refractivity contribution in [2.24, 2.45) is 0 Å². The zero-order valence-corrected chi connectivity index (χ0v) is 12.9. The number of nitrogens with zero attached hydrogens (tertiary/aromatic N) is 2. The number of unbranched alkanes of at least 4 members (excludes halogenated alkanes) is 1. The average Bonchev–Trinajstić information content (AvgIpc) is 2.85. The van der Waals surface area contributed by atoms with Crippen LogP contribution in [-0.2, 0) is 12.8 Å². The van der Waals surface area contributed by atoms with Crippen molar-refractivity contribution in [3.63, 3.8) is 0 Å². The van der Waals surface area contributed by atoms with Crippen LogP contribution in [0.2, 0.25) is 0 Å². The first-order chi connectivity index (χ1) is 9.28. The van der Waals surface area contributed by atoms with Gasteiger partial charge in [-0.25, -0.2) is 9.97 Å². The molecule has 2 aromatic rings. The summed E-state index contributed by atoms with van der Waals surface area (Å²) in [6, 6.07) is 2.24. The first-order valence-electron chi connectivity index (χ1n) is 7.31. The molecule has 0 fully saturated rings. The smallest absolute Gasteiger partial charge is 0.138 e. The molecule has 1 N–H and O–H groups in total. The van der Waals surface area contributed by atoms with E-state index in [-0.39, 0.29) is 0 Å². The van der Waals surface area contributed by atoms with E-state index in [0.29, 0.717) is 0 Å². The van der Waals surface area contributed by atoms with Crippen LogP contribution in [0.15, 0.2) is 6.07 Å². The molecule has 0 bridgehead atoms. The van der Waals surface area contributed by atoms with E-state index in [2.05, 4.69) is 32.2 Å². The third kappa shape index (κ3) is 3.44. The molecule has 4 heteroatoms. The Labute approximate surface area is 119 Å². The second kappa shape index (κ2) is 6.85. The Morgan fingerprint density at radius 3 is 2.68 bits per heavy atom. The van der Waals surface area contributed by atoms with E-state index < -0.39 is 0 Å². The summed E-state index contributed by atoms with van der Waals surface area (Å²) in [5.41, 5.74) is 0. The highest BCUT2D eigenvalue weighted by Crippen LogP contribution is 2.29. The molecule has 3 nitrogen and oxygen atoms in total. The Balaban J connectivity index is 2.37. The van der Waals surface area contributed by atoms with Gasteiger partial charge in [-0.3, -0.25) is 0 Å². The quantitative estimate of drug-likeness (QED) is 0.814. The molecule has 2 aromatic heterocycles. The number of nitrogens with one attached hydrogen (secondary N) is 1. The lowest BCUT2D eigenvalue weighted by atomic mass is 10.2. The van der Waals surface area contributed by atoms with Crippen LogP contribution in [0.3, 0.4) is 0 Å². The molecular formula is C15H23N3S. The van der Waals surface area contributed by atoms with E-state index in [1.807, 2.05) is 0 Å². The summed E-state index contributed by atoms with van der Waals surface area (Å²) in [6.45, 7) is 7.54. The fraction of sp³-hybridized carbons (Fsp3) is 0.600. The number of thiophene rings is 1. The lowest BCUT2D eigenvalue weighted by molar-refractivity contribution is 0.757. The molecule has 0 unspecified atom stereocenters. The molecule has 0 radical (unpaired) electrons. The van der Waals surface area contributed by atoms with Gasteiger partial charge in [0.15, 0.2) is 0 Å². The molecule has 0 aliphatic rings. The summed E-state index contributed by atoms with van der Waals surface area (Å²) in [4.78, 5) is 11.9. The van der Waals surface area contributed by atoms with Crippen LogP contribution in [0.1, 0.15) is 50.7 Å². The highest BCUT2D eigenvalue weighted by atomic mass is 32.1. The Kier molecular flexibility index (Phi) is 5.14. The Bertz CT molecular complexity index is 533. The van der Waals surface area contributed by atoms with Gasteiger partial charge in [-0.15, -0.1) is 11.3 Å². The fourth-order valence-corrected chi connectivity index (χ4v) is 3.00. The standard InChI is InChI=1S/C15H23N3S/c1-4-7-8-13-17-14(16-9-5-2)12-10-11(6-3)19-15(12)18-13/h10H,4-9H2,1-3H3,(H,16,17,18). The summed E-state index contributed by atoms with van der Waals surface area (Å²) in [7, 11) is 0. The van der Waals surface area contributed by atoms with E-state index in [4.69, 9.17) is 9.97 Å². The van der Waals surface area contributed by atoms with Crippen molar-refractivity contribution in [2.45, 2.75) is 52.9 Å². The van der Waals surface area contributed by atoms with Crippen LogP contribution in [0.25, 0.3) is 10.2 Å². The first kappa shape index (κ1) is 14.3. The molecule has 0 spiro atoms. The van der Waals surface area contributed by atoms with Crippen molar-refractivity contribution in [1.29, 1.82) is 0 Å². The molecule has 2 rings (SSSR count). The Morgan fingerprint density at radius 1 is 1.16 bits per heavy atom. The second-order valence-corrected chi connectivity index (χ2v) is 5.92. The van der Waals surface area contributed by atoms with Gasteiger partial charge >= 0.3 is 0 Å². The van der Waals surface area contributed by atoms with Gasteiger partial charge in [0.25, 0.3) is 0 Å². The van der Waals surface area contributed by atoms with Gasteiger partial charge in [0.1, 0.15) is 16.5 Å².